The van der Waals surface area contributed by atoms with Crippen LogP contribution in [0.1, 0.15) is 28.3 Å². The number of nitrogens with one attached hydrogen (secondary N) is 1. The monoisotopic (exact) mass is 483 g/mol. The molecule has 8 heteroatoms. The summed E-state index contributed by atoms with van der Waals surface area (Å²) in [7, 11) is 4.05. The largest absolute Gasteiger partial charge is 0.351 e. The standard InChI is InChI=1S/C28H33N7O/c1-33-14-16-35(17-15-33)13-5-12-34(2)28(36)26-20-22-18-21(7-8-23(22)31-26)19-27-30-11-9-25(32-27)24-6-3-4-10-29-24/h3-4,6-11,18,20,31H,5,12-17,19H2,1-2H3. The van der Waals surface area contributed by atoms with Crippen LogP contribution in [0.3, 0.4) is 0 Å². The molecule has 0 bridgehead atoms. The topological polar surface area (TPSA) is 81.2 Å². The quantitative estimate of drug-likeness (QED) is 0.414. The third-order valence-electron chi connectivity index (χ3n) is 6.82. The van der Waals surface area contributed by atoms with E-state index in [1.165, 1.54) is 0 Å². The van der Waals surface area contributed by atoms with E-state index < -0.39 is 0 Å². The van der Waals surface area contributed by atoms with Crippen molar-refractivity contribution in [1.29, 1.82) is 0 Å². The number of hydrogen-bond donors (Lipinski definition) is 1. The number of aromatic nitrogens is 4. The first kappa shape index (κ1) is 24.1. The van der Waals surface area contributed by atoms with Gasteiger partial charge >= 0.3 is 0 Å². The van der Waals surface area contributed by atoms with Gasteiger partial charge in [-0.15, -0.1) is 0 Å². The van der Waals surface area contributed by atoms with Gasteiger partial charge in [0.2, 0.25) is 0 Å². The Hall–Kier alpha value is -3.62. The van der Waals surface area contributed by atoms with Crippen LogP contribution in [0.25, 0.3) is 22.3 Å². The molecule has 0 aliphatic carbocycles. The number of pyridine rings is 1. The molecule has 1 amide bonds. The van der Waals surface area contributed by atoms with Crippen molar-refractivity contribution in [3.63, 3.8) is 0 Å². The number of amides is 1. The second-order valence-corrected chi connectivity index (χ2v) is 9.58. The van der Waals surface area contributed by atoms with Gasteiger partial charge in [-0.25, -0.2) is 9.97 Å². The van der Waals surface area contributed by atoms with Crippen molar-refractivity contribution in [2.75, 3.05) is 53.4 Å². The number of piperazine rings is 1. The van der Waals surface area contributed by atoms with E-state index in [9.17, 15) is 4.79 Å². The van der Waals surface area contributed by atoms with E-state index in [1.807, 2.05) is 48.3 Å². The Bertz CT molecular complexity index is 1310. The van der Waals surface area contributed by atoms with E-state index in [-0.39, 0.29) is 5.91 Å². The SMILES string of the molecule is CN1CCN(CCCN(C)C(=O)c2cc3cc(Cc4nccc(-c5ccccn5)n4)ccc3[nH]2)CC1. The highest BCUT2D eigenvalue weighted by atomic mass is 16.2. The maximum atomic E-state index is 13.0. The zero-order valence-electron chi connectivity index (χ0n) is 21.0. The summed E-state index contributed by atoms with van der Waals surface area (Å²) in [4.78, 5) is 36.5. The Morgan fingerprint density at radius 3 is 2.67 bits per heavy atom. The van der Waals surface area contributed by atoms with Crippen LogP contribution in [0.4, 0.5) is 0 Å². The molecular weight excluding hydrogens is 450 g/mol. The summed E-state index contributed by atoms with van der Waals surface area (Å²) >= 11 is 0. The van der Waals surface area contributed by atoms with Gasteiger partial charge in [-0.05, 0) is 62.0 Å². The van der Waals surface area contributed by atoms with Crippen molar-refractivity contribution in [3.8, 4) is 11.4 Å². The molecule has 3 aromatic heterocycles. The molecule has 0 atom stereocenters. The van der Waals surface area contributed by atoms with Gasteiger partial charge in [0.25, 0.3) is 5.91 Å². The summed E-state index contributed by atoms with van der Waals surface area (Å²) < 4.78 is 0. The highest BCUT2D eigenvalue weighted by Crippen LogP contribution is 2.20. The van der Waals surface area contributed by atoms with Gasteiger partial charge in [-0.3, -0.25) is 9.78 Å². The smallest absolute Gasteiger partial charge is 0.270 e. The number of H-pyrrole nitrogens is 1. The fourth-order valence-electron chi connectivity index (χ4n) is 4.64. The predicted molar refractivity (Wildman–Crippen MR) is 142 cm³/mol. The molecule has 1 aliphatic rings. The van der Waals surface area contributed by atoms with E-state index in [2.05, 4.69) is 43.9 Å². The Morgan fingerprint density at radius 2 is 1.86 bits per heavy atom. The highest BCUT2D eigenvalue weighted by Gasteiger charge is 2.17. The Labute approximate surface area is 212 Å². The lowest BCUT2D eigenvalue weighted by molar-refractivity contribution is 0.0778. The molecule has 4 aromatic rings. The van der Waals surface area contributed by atoms with Gasteiger partial charge in [0.05, 0.1) is 11.4 Å². The van der Waals surface area contributed by atoms with Gasteiger partial charge in [-0.2, -0.15) is 0 Å². The number of carbonyl (C=O) groups excluding carboxylic acids is 1. The van der Waals surface area contributed by atoms with Crippen LogP contribution in [-0.2, 0) is 6.42 Å². The van der Waals surface area contributed by atoms with E-state index >= 15 is 0 Å². The molecule has 1 fully saturated rings. The summed E-state index contributed by atoms with van der Waals surface area (Å²) in [6.07, 6.45) is 5.13. The van der Waals surface area contributed by atoms with Gasteiger partial charge in [0, 0.05) is 69.5 Å². The maximum Gasteiger partial charge on any atom is 0.270 e. The number of rotatable bonds is 8. The van der Waals surface area contributed by atoms with E-state index in [0.717, 1.165) is 79.4 Å². The Kier molecular flexibility index (Phi) is 7.34. The van der Waals surface area contributed by atoms with Crippen molar-refractivity contribution in [1.82, 2.24) is 34.6 Å². The van der Waals surface area contributed by atoms with Crippen LogP contribution >= 0.6 is 0 Å². The average Bonchev–Trinajstić information content (AvgIpc) is 3.33. The lowest BCUT2D eigenvalue weighted by Crippen LogP contribution is -2.45. The van der Waals surface area contributed by atoms with Crippen molar-refractivity contribution < 1.29 is 4.79 Å². The van der Waals surface area contributed by atoms with Crippen molar-refractivity contribution >= 4 is 16.8 Å². The van der Waals surface area contributed by atoms with Gasteiger partial charge < -0.3 is 19.7 Å². The van der Waals surface area contributed by atoms with Crippen molar-refractivity contribution in [3.05, 3.63) is 78.0 Å². The first-order valence-electron chi connectivity index (χ1n) is 12.6. The summed E-state index contributed by atoms with van der Waals surface area (Å²) in [5.74, 6) is 0.766. The molecule has 0 saturated carbocycles. The van der Waals surface area contributed by atoms with Gasteiger partial charge in [-0.1, -0.05) is 12.1 Å². The first-order valence-corrected chi connectivity index (χ1v) is 12.6. The van der Waals surface area contributed by atoms with E-state index in [4.69, 9.17) is 4.98 Å². The predicted octanol–water partition coefficient (Wildman–Crippen LogP) is 3.32. The summed E-state index contributed by atoms with van der Waals surface area (Å²) in [5.41, 5.74) is 4.32. The van der Waals surface area contributed by atoms with Crippen LogP contribution in [0.2, 0.25) is 0 Å². The second-order valence-electron chi connectivity index (χ2n) is 9.58. The number of likely N-dealkylation sites (N-methyl/N-ethyl adjacent to an activating group) is 1. The van der Waals surface area contributed by atoms with Gasteiger partial charge in [0.15, 0.2) is 0 Å². The molecule has 1 saturated heterocycles. The van der Waals surface area contributed by atoms with Crippen LogP contribution < -0.4 is 0 Å². The lowest BCUT2D eigenvalue weighted by Gasteiger charge is -2.32. The minimum Gasteiger partial charge on any atom is -0.351 e. The first-order chi connectivity index (χ1) is 17.5. The molecule has 4 heterocycles. The molecule has 0 spiro atoms. The zero-order valence-corrected chi connectivity index (χ0v) is 21.0. The number of benzene rings is 1. The van der Waals surface area contributed by atoms with Crippen molar-refractivity contribution in [2.24, 2.45) is 0 Å². The minimum absolute atomic E-state index is 0.0255. The maximum absolute atomic E-state index is 13.0. The van der Waals surface area contributed by atoms with E-state index in [1.54, 1.807) is 12.4 Å². The molecule has 5 rings (SSSR count). The summed E-state index contributed by atoms with van der Waals surface area (Å²) in [5, 5.41) is 1.02. The number of fused-ring (bicyclic) bond motifs is 1. The molecule has 8 nitrogen and oxygen atoms in total. The number of aromatic amines is 1. The molecule has 1 aromatic carbocycles. The molecule has 1 aliphatic heterocycles. The van der Waals surface area contributed by atoms with Gasteiger partial charge in [0.1, 0.15) is 11.5 Å². The Balaban J connectivity index is 1.21. The van der Waals surface area contributed by atoms with E-state index in [0.29, 0.717) is 12.1 Å². The third-order valence-corrected chi connectivity index (χ3v) is 6.82. The Morgan fingerprint density at radius 1 is 1.00 bits per heavy atom. The molecule has 0 unspecified atom stereocenters. The highest BCUT2D eigenvalue weighted by molar-refractivity contribution is 5.98. The zero-order chi connectivity index (χ0) is 24.9. The third kappa shape index (κ3) is 5.78. The fraction of sp³-hybridized carbons (Fsp3) is 0.357. The van der Waals surface area contributed by atoms with Crippen molar-refractivity contribution in [2.45, 2.75) is 12.8 Å². The second kappa shape index (κ2) is 11.0. The average molecular weight is 484 g/mol. The van der Waals surface area contributed by atoms with Crippen LogP contribution in [0, 0.1) is 0 Å². The number of carbonyl (C=O) groups is 1. The molecule has 186 valence electrons. The number of nitrogens with zero attached hydrogens (tertiary/aromatic N) is 6. The number of hydrogen-bond acceptors (Lipinski definition) is 6. The summed E-state index contributed by atoms with van der Waals surface area (Å²) in [6.45, 7) is 6.23. The van der Waals surface area contributed by atoms with Crippen LogP contribution in [0.15, 0.2) is 60.9 Å². The molecule has 1 N–H and O–H groups in total. The molecule has 0 radical (unpaired) electrons. The minimum atomic E-state index is 0.0255. The molecular formula is C28H33N7O. The molecule has 36 heavy (non-hydrogen) atoms. The normalized spacial score (nSPS) is 14.8. The lowest BCUT2D eigenvalue weighted by atomic mass is 10.1. The van der Waals surface area contributed by atoms with Crippen LogP contribution in [0.5, 0.6) is 0 Å². The van der Waals surface area contributed by atoms with Crippen LogP contribution in [-0.4, -0.2) is 93.9 Å². The summed E-state index contributed by atoms with van der Waals surface area (Å²) in [6, 6.07) is 15.8. The fourth-order valence-corrected chi connectivity index (χ4v) is 4.64.